The standard InChI is InChI=1S/C19H24ClNO2.ClH/c20-19-7-3-2-6-17(19)15-23-18-10-8-16(9-11-18)14-21-12-4-1-5-13-22;/h2-3,6-11,21-22H,1,4-5,12-15H2;1H. The summed E-state index contributed by atoms with van der Waals surface area (Å²) < 4.78 is 5.77. The van der Waals surface area contributed by atoms with Crippen molar-refractivity contribution in [3.8, 4) is 5.75 Å². The van der Waals surface area contributed by atoms with E-state index < -0.39 is 0 Å². The van der Waals surface area contributed by atoms with E-state index >= 15 is 0 Å². The lowest BCUT2D eigenvalue weighted by Gasteiger charge is -2.09. The summed E-state index contributed by atoms with van der Waals surface area (Å²) in [5, 5.41) is 12.9. The van der Waals surface area contributed by atoms with Crippen molar-refractivity contribution in [3.05, 3.63) is 64.7 Å². The lowest BCUT2D eigenvalue weighted by Crippen LogP contribution is -2.14. The molecule has 0 aliphatic heterocycles. The van der Waals surface area contributed by atoms with Crippen LogP contribution in [0.3, 0.4) is 0 Å². The summed E-state index contributed by atoms with van der Waals surface area (Å²) in [5.41, 5.74) is 2.22. The number of aliphatic hydroxyl groups is 1. The molecule has 0 atom stereocenters. The second kappa shape index (κ2) is 12.2. The van der Waals surface area contributed by atoms with Gasteiger partial charge in [-0.05, 0) is 49.6 Å². The number of nitrogens with one attached hydrogen (secondary N) is 1. The van der Waals surface area contributed by atoms with Crippen LogP contribution in [0.25, 0.3) is 0 Å². The van der Waals surface area contributed by atoms with Gasteiger partial charge in [-0.15, -0.1) is 12.4 Å². The van der Waals surface area contributed by atoms with Crippen LogP contribution in [-0.2, 0) is 13.2 Å². The number of ether oxygens (including phenoxy) is 1. The van der Waals surface area contributed by atoms with E-state index in [1.54, 1.807) is 0 Å². The molecule has 0 unspecified atom stereocenters. The molecule has 0 aromatic heterocycles. The summed E-state index contributed by atoms with van der Waals surface area (Å²) in [6, 6.07) is 15.8. The van der Waals surface area contributed by atoms with Crippen LogP contribution < -0.4 is 10.1 Å². The van der Waals surface area contributed by atoms with Gasteiger partial charge in [0.05, 0.1) is 0 Å². The largest absolute Gasteiger partial charge is 0.489 e. The Kier molecular flexibility index (Phi) is 10.5. The molecular weight excluding hydrogens is 345 g/mol. The van der Waals surface area contributed by atoms with Gasteiger partial charge in [0.25, 0.3) is 0 Å². The Morgan fingerprint density at radius 1 is 0.958 bits per heavy atom. The molecule has 0 spiro atoms. The fourth-order valence-electron chi connectivity index (χ4n) is 2.25. The molecule has 5 heteroatoms. The summed E-state index contributed by atoms with van der Waals surface area (Å²) in [4.78, 5) is 0. The van der Waals surface area contributed by atoms with Crippen molar-refractivity contribution in [1.82, 2.24) is 5.32 Å². The first-order valence-electron chi connectivity index (χ1n) is 8.06. The Morgan fingerprint density at radius 2 is 1.71 bits per heavy atom. The molecule has 0 radical (unpaired) electrons. The number of hydrogen-bond acceptors (Lipinski definition) is 3. The molecule has 0 saturated carbocycles. The zero-order valence-electron chi connectivity index (χ0n) is 13.7. The maximum absolute atomic E-state index is 8.72. The molecule has 0 aliphatic rings. The highest BCUT2D eigenvalue weighted by molar-refractivity contribution is 6.31. The van der Waals surface area contributed by atoms with E-state index in [2.05, 4.69) is 17.4 Å². The SMILES string of the molecule is Cl.OCCCCCNCc1ccc(OCc2ccccc2Cl)cc1. The average molecular weight is 370 g/mol. The Morgan fingerprint density at radius 3 is 2.42 bits per heavy atom. The molecule has 2 N–H and O–H groups in total. The van der Waals surface area contributed by atoms with Gasteiger partial charge in [0.1, 0.15) is 12.4 Å². The van der Waals surface area contributed by atoms with Crippen molar-refractivity contribution < 1.29 is 9.84 Å². The first kappa shape index (κ1) is 20.8. The summed E-state index contributed by atoms with van der Waals surface area (Å²) in [7, 11) is 0. The van der Waals surface area contributed by atoms with Crippen LogP contribution in [0.15, 0.2) is 48.5 Å². The third-order valence-electron chi connectivity index (χ3n) is 3.62. The molecule has 0 amide bonds. The summed E-state index contributed by atoms with van der Waals surface area (Å²) in [6.45, 7) is 2.59. The Balaban J connectivity index is 0.00000288. The van der Waals surface area contributed by atoms with E-state index in [1.807, 2.05) is 36.4 Å². The highest BCUT2D eigenvalue weighted by Gasteiger charge is 2.01. The van der Waals surface area contributed by atoms with Crippen molar-refractivity contribution in [3.63, 3.8) is 0 Å². The zero-order valence-corrected chi connectivity index (χ0v) is 15.3. The van der Waals surface area contributed by atoms with E-state index in [9.17, 15) is 0 Å². The van der Waals surface area contributed by atoms with Gasteiger partial charge in [-0.25, -0.2) is 0 Å². The quantitative estimate of drug-likeness (QED) is 0.601. The minimum Gasteiger partial charge on any atom is -0.489 e. The number of aliphatic hydroxyl groups excluding tert-OH is 1. The summed E-state index contributed by atoms with van der Waals surface area (Å²) in [5.74, 6) is 0.844. The van der Waals surface area contributed by atoms with Gasteiger partial charge < -0.3 is 15.2 Å². The van der Waals surface area contributed by atoms with Crippen molar-refractivity contribution >= 4 is 24.0 Å². The minimum absolute atomic E-state index is 0. The van der Waals surface area contributed by atoms with Gasteiger partial charge >= 0.3 is 0 Å². The summed E-state index contributed by atoms with van der Waals surface area (Å²) >= 11 is 6.12. The fourth-order valence-corrected chi connectivity index (χ4v) is 2.44. The van der Waals surface area contributed by atoms with E-state index in [4.69, 9.17) is 21.4 Å². The van der Waals surface area contributed by atoms with E-state index in [-0.39, 0.29) is 19.0 Å². The minimum atomic E-state index is 0. The van der Waals surface area contributed by atoms with Gasteiger partial charge in [-0.2, -0.15) is 0 Å². The second-order valence-electron chi connectivity index (χ2n) is 5.49. The highest BCUT2D eigenvalue weighted by atomic mass is 35.5. The van der Waals surface area contributed by atoms with Gasteiger partial charge in [-0.1, -0.05) is 41.9 Å². The van der Waals surface area contributed by atoms with Crippen LogP contribution in [0.4, 0.5) is 0 Å². The normalized spacial score (nSPS) is 10.2. The van der Waals surface area contributed by atoms with Crippen LogP contribution >= 0.6 is 24.0 Å². The van der Waals surface area contributed by atoms with Crippen LogP contribution in [0.1, 0.15) is 30.4 Å². The van der Waals surface area contributed by atoms with Crippen LogP contribution in [0.5, 0.6) is 5.75 Å². The number of unbranched alkanes of at least 4 members (excludes halogenated alkanes) is 2. The monoisotopic (exact) mass is 369 g/mol. The molecule has 132 valence electrons. The predicted octanol–water partition coefficient (Wildman–Crippen LogP) is 4.59. The third kappa shape index (κ3) is 7.54. The molecule has 0 heterocycles. The topological polar surface area (TPSA) is 41.5 Å². The van der Waals surface area contributed by atoms with Crippen molar-refractivity contribution in [2.75, 3.05) is 13.2 Å². The van der Waals surface area contributed by atoms with Crippen molar-refractivity contribution in [1.29, 1.82) is 0 Å². The first-order valence-corrected chi connectivity index (χ1v) is 8.44. The van der Waals surface area contributed by atoms with E-state index in [0.29, 0.717) is 6.61 Å². The number of hydrogen-bond donors (Lipinski definition) is 2. The van der Waals surface area contributed by atoms with Crippen molar-refractivity contribution in [2.24, 2.45) is 0 Å². The molecule has 3 nitrogen and oxygen atoms in total. The molecule has 2 aromatic carbocycles. The van der Waals surface area contributed by atoms with E-state index in [1.165, 1.54) is 5.56 Å². The Bertz CT molecular complexity index is 576. The zero-order chi connectivity index (χ0) is 16.3. The molecular formula is C19H25Cl2NO2. The van der Waals surface area contributed by atoms with Gasteiger partial charge in [-0.3, -0.25) is 0 Å². The number of benzene rings is 2. The number of rotatable bonds is 10. The van der Waals surface area contributed by atoms with E-state index in [0.717, 1.165) is 48.7 Å². The molecule has 0 bridgehead atoms. The Labute approximate surface area is 155 Å². The van der Waals surface area contributed by atoms with Crippen molar-refractivity contribution in [2.45, 2.75) is 32.4 Å². The Hall–Kier alpha value is -1.26. The third-order valence-corrected chi connectivity index (χ3v) is 3.99. The van der Waals surface area contributed by atoms with Gasteiger partial charge in [0, 0.05) is 23.7 Å². The average Bonchev–Trinajstić information content (AvgIpc) is 2.58. The van der Waals surface area contributed by atoms with Crippen LogP contribution in [0.2, 0.25) is 5.02 Å². The molecule has 0 saturated heterocycles. The van der Waals surface area contributed by atoms with Crippen LogP contribution in [-0.4, -0.2) is 18.3 Å². The molecule has 2 rings (SSSR count). The fraction of sp³-hybridized carbons (Fsp3) is 0.368. The molecule has 2 aromatic rings. The van der Waals surface area contributed by atoms with Gasteiger partial charge in [0.15, 0.2) is 0 Å². The lowest BCUT2D eigenvalue weighted by molar-refractivity contribution is 0.283. The van der Waals surface area contributed by atoms with Crippen LogP contribution in [0, 0.1) is 0 Å². The molecule has 24 heavy (non-hydrogen) atoms. The lowest BCUT2D eigenvalue weighted by atomic mass is 10.2. The smallest absolute Gasteiger partial charge is 0.119 e. The maximum atomic E-state index is 8.72. The molecule has 0 aliphatic carbocycles. The first-order chi connectivity index (χ1) is 11.3. The predicted molar refractivity (Wildman–Crippen MR) is 102 cm³/mol. The second-order valence-corrected chi connectivity index (χ2v) is 5.89. The number of halogens is 2. The highest BCUT2D eigenvalue weighted by Crippen LogP contribution is 2.19. The summed E-state index contributed by atoms with van der Waals surface area (Å²) in [6.07, 6.45) is 3.05. The maximum Gasteiger partial charge on any atom is 0.119 e. The molecule has 0 fully saturated rings. The van der Waals surface area contributed by atoms with Gasteiger partial charge in [0.2, 0.25) is 0 Å².